The van der Waals surface area contributed by atoms with Crippen LogP contribution in [0, 0.1) is 14.0 Å². The van der Waals surface area contributed by atoms with Crippen LogP contribution in [0.25, 0.3) is 0 Å². The Morgan fingerprint density at radius 2 is 2.60 bits per heavy atom. The van der Waals surface area contributed by atoms with Gasteiger partial charge in [-0.3, -0.25) is 0 Å². The lowest BCUT2D eigenvalue weighted by atomic mass is 10.4. The van der Waals surface area contributed by atoms with Crippen LogP contribution in [0.3, 0.4) is 0 Å². The fraction of sp³-hybridized carbons (Fsp3) is 0.167. The maximum atomic E-state index is 10.6. The van der Waals surface area contributed by atoms with Crippen molar-refractivity contribution in [3.63, 3.8) is 0 Å². The van der Waals surface area contributed by atoms with Gasteiger partial charge in [0.25, 0.3) is 0 Å². The predicted molar refractivity (Wildman–Crippen MR) is 32.0 cm³/mol. The summed E-state index contributed by atoms with van der Waals surface area (Å²) in [4.78, 5) is 10.6. The molecule has 53 valence electrons. The topological polar surface area (TPSA) is 52.3 Å². The van der Waals surface area contributed by atoms with Gasteiger partial charge in [-0.05, 0) is 6.92 Å². The first-order valence-corrected chi connectivity index (χ1v) is 2.63. The van der Waals surface area contributed by atoms with Crippen LogP contribution in [0.1, 0.15) is 16.2 Å². The molecular weight excluding hydrogens is 134 g/mol. The molecule has 0 fully saturated rings. The molecule has 1 rings (SSSR count). The van der Waals surface area contributed by atoms with Gasteiger partial charge in [0.1, 0.15) is 12.9 Å². The van der Waals surface area contributed by atoms with E-state index in [9.17, 15) is 4.79 Å². The molecule has 0 aliphatic rings. The standard InChI is InChI=1S/C6H6NO3/c1-4-3-5(7-10-4)6(8)9-2/h3H,2H2,1H3. The normalized spacial score (nSPS) is 9.40. The summed E-state index contributed by atoms with van der Waals surface area (Å²) < 4.78 is 8.75. The highest BCUT2D eigenvalue weighted by atomic mass is 16.5. The van der Waals surface area contributed by atoms with Crippen LogP contribution < -0.4 is 0 Å². The molecule has 0 unspecified atom stereocenters. The van der Waals surface area contributed by atoms with E-state index in [0.717, 1.165) is 0 Å². The number of aryl methyl sites for hydroxylation is 1. The zero-order chi connectivity index (χ0) is 7.56. The summed E-state index contributed by atoms with van der Waals surface area (Å²) in [5, 5.41) is 3.40. The van der Waals surface area contributed by atoms with Gasteiger partial charge in [-0.2, -0.15) is 0 Å². The van der Waals surface area contributed by atoms with Crippen molar-refractivity contribution in [1.29, 1.82) is 0 Å². The summed E-state index contributed by atoms with van der Waals surface area (Å²) in [5.74, 6) is -0.0164. The smallest absolute Gasteiger partial charge is 0.360 e. The highest BCUT2D eigenvalue weighted by Crippen LogP contribution is 2.02. The Morgan fingerprint density at radius 3 is 3.00 bits per heavy atom. The van der Waals surface area contributed by atoms with E-state index in [1.165, 1.54) is 6.07 Å². The maximum absolute atomic E-state index is 10.6. The van der Waals surface area contributed by atoms with E-state index in [1.54, 1.807) is 6.92 Å². The van der Waals surface area contributed by atoms with E-state index in [-0.39, 0.29) is 5.69 Å². The molecule has 1 aromatic rings. The Labute approximate surface area is 57.8 Å². The summed E-state index contributed by atoms with van der Waals surface area (Å²) in [6.45, 7) is 1.69. The Balaban J connectivity index is 2.85. The Bertz CT molecular complexity index is 241. The van der Waals surface area contributed by atoms with E-state index < -0.39 is 5.97 Å². The Hall–Kier alpha value is -1.32. The second-order valence-corrected chi connectivity index (χ2v) is 1.75. The minimum Gasteiger partial charge on any atom is -0.457 e. The van der Waals surface area contributed by atoms with E-state index in [2.05, 4.69) is 21.5 Å². The first-order valence-electron chi connectivity index (χ1n) is 2.63. The first kappa shape index (κ1) is 6.80. The number of carbonyl (C=O) groups excluding carboxylic acids is 1. The van der Waals surface area contributed by atoms with E-state index in [1.807, 2.05) is 0 Å². The molecule has 0 aliphatic heterocycles. The molecule has 0 saturated heterocycles. The van der Waals surface area contributed by atoms with Gasteiger partial charge in [-0.25, -0.2) is 4.79 Å². The third-order valence-corrected chi connectivity index (χ3v) is 0.968. The van der Waals surface area contributed by atoms with Crippen molar-refractivity contribution in [2.24, 2.45) is 0 Å². The van der Waals surface area contributed by atoms with Crippen molar-refractivity contribution < 1.29 is 14.1 Å². The zero-order valence-corrected chi connectivity index (χ0v) is 5.46. The van der Waals surface area contributed by atoms with Gasteiger partial charge < -0.3 is 9.26 Å². The van der Waals surface area contributed by atoms with Gasteiger partial charge in [0.15, 0.2) is 5.69 Å². The fourth-order valence-corrected chi connectivity index (χ4v) is 0.537. The summed E-state index contributed by atoms with van der Waals surface area (Å²) in [5.41, 5.74) is 0.146. The molecule has 0 atom stereocenters. The maximum Gasteiger partial charge on any atom is 0.360 e. The van der Waals surface area contributed by atoms with Crippen LogP contribution in [0.5, 0.6) is 0 Å². The number of hydrogen-bond acceptors (Lipinski definition) is 4. The van der Waals surface area contributed by atoms with Crippen LogP contribution >= 0.6 is 0 Å². The van der Waals surface area contributed by atoms with Gasteiger partial charge >= 0.3 is 5.97 Å². The summed E-state index contributed by atoms with van der Waals surface area (Å²) >= 11 is 0. The molecule has 4 heteroatoms. The monoisotopic (exact) mass is 140 g/mol. The van der Waals surface area contributed by atoms with Crippen molar-refractivity contribution >= 4 is 5.97 Å². The number of hydrogen-bond donors (Lipinski definition) is 0. The lowest BCUT2D eigenvalue weighted by Crippen LogP contribution is -1.98. The zero-order valence-electron chi connectivity index (χ0n) is 5.46. The molecule has 0 bridgehead atoms. The molecule has 10 heavy (non-hydrogen) atoms. The number of rotatable bonds is 1. The van der Waals surface area contributed by atoms with Gasteiger partial charge in [0, 0.05) is 6.07 Å². The number of esters is 1. The molecule has 0 aromatic carbocycles. The molecule has 0 aliphatic carbocycles. The van der Waals surface area contributed by atoms with Gasteiger partial charge in [-0.15, -0.1) is 0 Å². The van der Waals surface area contributed by atoms with Crippen molar-refractivity contribution in [2.45, 2.75) is 6.92 Å². The molecular formula is C6H6NO3. The van der Waals surface area contributed by atoms with Gasteiger partial charge in [-0.1, -0.05) is 5.16 Å². The highest BCUT2D eigenvalue weighted by molar-refractivity contribution is 5.87. The summed E-state index contributed by atoms with van der Waals surface area (Å²) in [7, 11) is 2.94. The van der Waals surface area contributed by atoms with Gasteiger partial charge in [0.2, 0.25) is 0 Å². The van der Waals surface area contributed by atoms with Crippen LogP contribution in [0.4, 0.5) is 0 Å². The van der Waals surface area contributed by atoms with Crippen LogP contribution in [-0.2, 0) is 4.74 Å². The van der Waals surface area contributed by atoms with Crippen LogP contribution in [0.2, 0.25) is 0 Å². The Kier molecular flexibility index (Phi) is 1.71. The molecule has 4 nitrogen and oxygen atoms in total. The largest absolute Gasteiger partial charge is 0.457 e. The third-order valence-electron chi connectivity index (χ3n) is 0.968. The molecule has 0 saturated carbocycles. The van der Waals surface area contributed by atoms with Crippen LogP contribution in [-0.4, -0.2) is 11.1 Å². The highest BCUT2D eigenvalue weighted by Gasteiger charge is 2.09. The molecule has 1 heterocycles. The molecule has 0 N–H and O–H groups in total. The Morgan fingerprint density at radius 1 is 1.90 bits per heavy atom. The predicted octanol–water partition coefficient (Wildman–Crippen LogP) is 0.931. The van der Waals surface area contributed by atoms with Crippen molar-refractivity contribution in [3.05, 3.63) is 24.6 Å². The number of nitrogens with zero attached hydrogens (tertiary/aromatic N) is 1. The summed E-state index contributed by atoms with van der Waals surface area (Å²) in [6, 6.07) is 1.48. The van der Waals surface area contributed by atoms with Crippen molar-refractivity contribution in [3.8, 4) is 0 Å². The molecule has 0 spiro atoms. The average molecular weight is 140 g/mol. The lowest BCUT2D eigenvalue weighted by Gasteiger charge is -1.87. The minimum atomic E-state index is -0.586. The van der Waals surface area contributed by atoms with Crippen molar-refractivity contribution in [2.75, 3.05) is 0 Å². The minimum absolute atomic E-state index is 0.146. The molecule has 1 aromatic heterocycles. The van der Waals surface area contributed by atoms with Crippen LogP contribution in [0.15, 0.2) is 10.6 Å². The summed E-state index contributed by atoms with van der Waals surface area (Å²) in [6.07, 6.45) is 0. The van der Waals surface area contributed by atoms with E-state index in [4.69, 9.17) is 0 Å². The second-order valence-electron chi connectivity index (χ2n) is 1.75. The quantitative estimate of drug-likeness (QED) is 0.544. The molecule has 1 radical (unpaired) electrons. The van der Waals surface area contributed by atoms with Crippen molar-refractivity contribution in [1.82, 2.24) is 5.16 Å². The van der Waals surface area contributed by atoms with E-state index >= 15 is 0 Å². The van der Waals surface area contributed by atoms with Gasteiger partial charge in [0.05, 0.1) is 0 Å². The van der Waals surface area contributed by atoms with E-state index in [0.29, 0.717) is 5.76 Å². The number of aromatic nitrogens is 1. The lowest BCUT2D eigenvalue weighted by molar-refractivity contribution is 0.0642. The average Bonchev–Trinajstić information content (AvgIpc) is 2.34. The fourth-order valence-electron chi connectivity index (χ4n) is 0.537. The SMILES string of the molecule is [CH2]OC(=O)c1cc(C)on1. The third kappa shape index (κ3) is 1.15. The molecule has 0 amide bonds. The first-order chi connectivity index (χ1) is 4.74. The number of ether oxygens (including phenoxy) is 1. The second kappa shape index (κ2) is 2.51. The number of carbonyl (C=O) groups is 1.